The molecular formula is C8H6F10O2. The minimum Gasteiger partial charge on any atom is -0.273 e. The second-order valence-corrected chi connectivity index (χ2v) is 4.21. The van der Waals surface area contributed by atoms with Crippen LogP contribution in [-0.2, 0) is 9.47 Å². The first-order chi connectivity index (χ1) is 8.41. The molecule has 20 heavy (non-hydrogen) atoms. The van der Waals surface area contributed by atoms with Gasteiger partial charge in [0, 0.05) is 13.8 Å². The molecule has 1 heterocycles. The van der Waals surface area contributed by atoms with Crippen LogP contribution in [0.3, 0.4) is 0 Å². The van der Waals surface area contributed by atoms with E-state index in [1.807, 2.05) is 0 Å². The highest BCUT2D eigenvalue weighted by atomic mass is 19.4. The molecule has 2 unspecified atom stereocenters. The molecule has 0 spiro atoms. The summed E-state index contributed by atoms with van der Waals surface area (Å²) in [6.45, 7) is -1.04. The Morgan fingerprint density at radius 2 is 1.20 bits per heavy atom. The zero-order chi connectivity index (χ0) is 16.4. The number of hydrogen-bond donors (Lipinski definition) is 0. The second-order valence-electron chi connectivity index (χ2n) is 4.21. The molecule has 0 amide bonds. The number of ether oxygens (including phenoxy) is 2. The quantitative estimate of drug-likeness (QED) is 0.718. The minimum absolute atomic E-state index is 0.431. The highest BCUT2D eigenvalue weighted by molar-refractivity contribution is 5.06. The first-order valence-electron chi connectivity index (χ1n) is 4.71. The van der Waals surface area contributed by atoms with Crippen LogP contribution in [0.2, 0.25) is 0 Å². The molecule has 1 saturated heterocycles. The molecule has 0 aromatic carbocycles. The van der Waals surface area contributed by atoms with Crippen LogP contribution in [0.15, 0.2) is 0 Å². The van der Waals surface area contributed by atoms with Crippen molar-refractivity contribution < 1.29 is 53.4 Å². The van der Waals surface area contributed by atoms with E-state index in [0.717, 1.165) is 0 Å². The number of alkyl halides is 10. The zero-order valence-corrected chi connectivity index (χ0v) is 9.60. The molecule has 0 aliphatic carbocycles. The summed E-state index contributed by atoms with van der Waals surface area (Å²) in [4.78, 5) is 0. The molecule has 1 fully saturated rings. The summed E-state index contributed by atoms with van der Waals surface area (Å²) in [5, 5.41) is 0. The SMILES string of the molecule is CC(F)(F)C(F)(F)C1(F)O[C@@](F)(C(F)(F)F)OC1(C)F. The van der Waals surface area contributed by atoms with E-state index < -0.39 is 49.6 Å². The molecule has 2 nitrogen and oxygen atoms in total. The van der Waals surface area contributed by atoms with Gasteiger partial charge in [0.25, 0.3) is 5.85 Å². The maximum atomic E-state index is 13.7. The molecule has 120 valence electrons. The van der Waals surface area contributed by atoms with Crippen molar-refractivity contribution in [3.63, 3.8) is 0 Å². The Labute approximate surface area is 104 Å². The molecule has 1 aliphatic rings. The van der Waals surface area contributed by atoms with Gasteiger partial charge in [0.1, 0.15) is 0 Å². The summed E-state index contributed by atoms with van der Waals surface area (Å²) in [6.07, 6.45) is -6.30. The number of hydrogen-bond acceptors (Lipinski definition) is 2. The summed E-state index contributed by atoms with van der Waals surface area (Å²) in [6, 6.07) is -5.64. The first kappa shape index (κ1) is 17.3. The largest absolute Gasteiger partial charge is 0.478 e. The third-order valence-corrected chi connectivity index (χ3v) is 2.46. The Kier molecular flexibility index (Phi) is 3.37. The van der Waals surface area contributed by atoms with Crippen LogP contribution < -0.4 is 0 Å². The molecule has 1 aliphatic heterocycles. The zero-order valence-electron chi connectivity index (χ0n) is 9.60. The lowest BCUT2D eigenvalue weighted by molar-refractivity contribution is -0.440. The molecular weight excluding hydrogens is 318 g/mol. The van der Waals surface area contributed by atoms with Crippen molar-refractivity contribution in [2.24, 2.45) is 0 Å². The van der Waals surface area contributed by atoms with Gasteiger partial charge in [0.2, 0.25) is 0 Å². The van der Waals surface area contributed by atoms with Gasteiger partial charge in [0.15, 0.2) is 0 Å². The maximum absolute atomic E-state index is 13.7. The van der Waals surface area contributed by atoms with Crippen LogP contribution in [-0.4, -0.2) is 35.8 Å². The fourth-order valence-corrected chi connectivity index (χ4v) is 1.35. The molecule has 0 radical (unpaired) electrons. The fourth-order valence-electron chi connectivity index (χ4n) is 1.35. The van der Waals surface area contributed by atoms with Crippen LogP contribution in [0.1, 0.15) is 13.8 Å². The average Bonchev–Trinajstić information content (AvgIpc) is 2.31. The molecule has 0 aromatic rings. The van der Waals surface area contributed by atoms with Gasteiger partial charge >= 0.3 is 29.9 Å². The summed E-state index contributed by atoms with van der Waals surface area (Å²) >= 11 is 0. The van der Waals surface area contributed by atoms with E-state index in [1.54, 1.807) is 0 Å². The highest BCUT2D eigenvalue weighted by Crippen LogP contribution is 2.61. The van der Waals surface area contributed by atoms with Crippen molar-refractivity contribution >= 4 is 0 Å². The van der Waals surface area contributed by atoms with Crippen LogP contribution in [0.4, 0.5) is 43.9 Å². The van der Waals surface area contributed by atoms with Crippen molar-refractivity contribution in [1.29, 1.82) is 0 Å². The number of rotatable bonds is 2. The lowest BCUT2D eigenvalue weighted by Crippen LogP contribution is -2.63. The molecule has 0 aromatic heterocycles. The predicted octanol–water partition coefficient (Wildman–Crippen LogP) is 3.86. The third kappa shape index (κ3) is 2.03. The smallest absolute Gasteiger partial charge is 0.273 e. The Hall–Kier alpha value is -0.780. The van der Waals surface area contributed by atoms with Crippen LogP contribution in [0, 0.1) is 0 Å². The minimum atomic E-state index is -6.30. The van der Waals surface area contributed by atoms with E-state index >= 15 is 0 Å². The van der Waals surface area contributed by atoms with Gasteiger partial charge in [-0.1, -0.05) is 0 Å². The Bertz CT molecular complexity index is 399. The predicted molar refractivity (Wildman–Crippen MR) is 41.0 cm³/mol. The van der Waals surface area contributed by atoms with Gasteiger partial charge in [-0.15, -0.1) is 0 Å². The van der Waals surface area contributed by atoms with Crippen molar-refractivity contribution in [2.75, 3.05) is 0 Å². The van der Waals surface area contributed by atoms with E-state index in [1.165, 1.54) is 0 Å². The summed E-state index contributed by atoms with van der Waals surface area (Å²) in [5.41, 5.74) is 0. The van der Waals surface area contributed by atoms with Gasteiger partial charge in [-0.2, -0.15) is 39.5 Å². The van der Waals surface area contributed by atoms with E-state index in [0.29, 0.717) is 0 Å². The highest BCUT2D eigenvalue weighted by Gasteiger charge is 2.87. The average molecular weight is 324 g/mol. The monoisotopic (exact) mass is 324 g/mol. The van der Waals surface area contributed by atoms with Gasteiger partial charge < -0.3 is 0 Å². The molecule has 0 bridgehead atoms. The topological polar surface area (TPSA) is 18.5 Å². The molecule has 12 heteroatoms. The van der Waals surface area contributed by atoms with Gasteiger partial charge in [0.05, 0.1) is 0 Å². The summed E-state index contributed by atoms with van der Waals surface area (Å²) in [7, 11) is 0. The van der Waals surface area contributed by atoms with E-state index in [9.17, 15) is 43.9 Å². The molecule has 0 saturated carbocycles. The van der Waals surface area contributed by atoms with Crippen LogP contribution in [0.5, 0.6) is 0 Å². The van der Waals surface area contributed by atoms with Crippen LogP contribution >= 0.6 is 0 Å². The molecule has 3 atom stereocenters. The lowest BCUT2D eigenvalue weighted by atomic mass is 9.98. The van der Waals surface area contributed by atoms with E-state index in [4.69, 9.17) is 0 Å². The maximum Gasteiger partial charge on any atom is 0.478 e. The Morgan fingerprint density at radius 3 is 1.45 bits per heavy atom. The third-order valence-electron chi connectivity index (χ3n) is 2.46. The normalized spacial score (nSPS) is 40.2. The Morgan fingerprint density at radius 1 is 0.800 bits per heavy atom. The van der Waals surface area contributed by atoms with Crippen molar-refractivity contribution in [2.45, 2.75) is 49.6 Å². The van der Waals surface area contributed by atoms with Crippen molar-refractivity contribution in [3.05, 3.63) is 0 Å². The lowest BCUT2D eigenvalue weighted by Gasteiger charge is -2.36. The van der Waals surface area contributed by atoms with Crippen molar-refractivity contribution in [3.8, 4) is 0 Å². The molecule has 0 N–H and O–H groups in total. The van der Waals surface area contributed by atoms with E-state index in [2.05, 4.69) is 9.47 Å². The fraction of sp³-hybridized carbons (Fsp3) is 1.00. The summed E-state index contributed by atoms with van der Waals surface area (Å²) < 4.78 is 134. The standard InChI is InChI=1S/C8H6F10O2/c1-3(9,10)5(12,13)6(14)4(2,11)19-8(18,20-6)7(15,16)17/h1-2H3/t4?,6?,8-/m1/s1. The van der Waals surface area contributed by atoms with Gasteiger partial charge in [-0.3, -0.25) is 9.47 Å². The summed E-state index contributed by atoms with van der Waals surface area (Å²) in [5.74, 6) is -22.1. The second kappa shape index (κ2) is 3.90. The van der Waals surface area contributed by atoms with Crippen molar-refractivity contribution in [1.82, 2.24) is 0 Å². The Balaban J connectivity index is 3.39. The first-order valence-corrected chi connectivity index (χ1v) is 4.71. The number of halogens is 10. The van der Waals surface area contributed by atoms with Gasteiger partial charge in [-0.25, -0.2) is 4.39 Å². The van der Waals surface area contributed by atoms with Gasteiger partial charge in [-0.05, 0) is 0 Å². The molecule has 1 rings (SSSR count). The van der Waals surface area contributed by atoms with Crippen LogP contribution in [0.25, 0.3) is 0 Å². The van der Waals surface area contributed by atoms with E-state index in [-0.39, 0.29) is 0 Å².